The van der Waals surface area contributed by atoms with Crippen molar-refractivity contribution in [1.82, 2.24) is 25.5 Å². The molecule has 1 atom stereocenters. The quantitative estimate of drug-likeness (QED) is 0.451. The number of fused-ring (bicyclic) bond motifs is 1. The van der Waals surface area contributed by atoms with Crippen molar-refractivity contribution in [2.24, 2.45) is 0 Å². The fraction of sp³-hybridized carbons (Fsp3) is 0.261. The number of nitrogens with one attached hydrogen (secondary N) is 3. The lowest BCUT2D eigenvalue weighted by Crippen LogP contribution is -2.32. The molecule has 0 fully saturated rings. The first-order valence-electron chi connectivity index (χ1n) is 9.92. The van der Waals surface area contributed by atoms with E-state index in [4.69, 9.17) is 4.98 Å². The molecule has 0 saturated carbocycles. The summed E-state index contributed by atoms with van der Waals surface area (Å²) in [7, 11) is 0. The third-order valence-electron chi connectivity index (χ3n) is 5.02. The Kier molecular flexibility index (Phi) is 5.42. The van der Waals surface area contributed by atoms with E-state index >= 15 is 0 Å². The molecule has 0 saturated heterocycles. The molecule has 0 spiro atoms. The van der Waals surface area contributed by atoms with Gasteiger partial charge in [-0.1, -0.05) is 48.5 Å². The van der Waals surface area contributed by atoms with Crippen molar-refractivity contribution in [3.63, 3.8) is 0 Å². The highest BCUT2D eigenvalue weighted by atomic mass is 16.1. The largest absolute Gasteiger partial charge is 0.354 e. The van der Waals surface area contributed by atoms with E-state index < -0.39 is 0 Å². The molecular weight excluding hydrogens is 362 g/mol. The van der Waals surface area contributed by atoms with Gasteiger partial charge in [-0.2, -0.15) is 5.10 Å². The molecule has 0 aliphatic heterocycles. The third kappa shape index (κ3) is 4.37. The van der Waals surface area contributed by atoms with Crippen molar-refractivity contribution in [2.75, 3.05) is 0 Å². The second-order valence-electron chi connectivity index (χ2n) is 7.42. The van der Waals surface area contributed by atoms with E-state index in [9.17, 15) is 4.79 Å². The summed E-state index contributed by atoms with van der Waals surface area (Å²) < 4.78 is 0. The van der Waals surface area contributed by atoms with Crippen LogP contribution >= 0.6 is 0 Å². The van der Waals surface area contributed by atoms with Crippen molar-refractivity contribution >= 4 is 16.8 Å². The van der Waals surface area contributed by atoms with Crippen LogP contribution in [0.3, 0.4) is 0 Å². The highest BCUT2D eigenvalue weighted by Gasteiger charge is 2.19. The number of benzene rings is 2. The molecule has 3 N–H and O–H groups in total. The summed E-state index contributed by atoms with van der Waals surface area (Å²) in [4.78, 5) is 19.6. The van der Waals surface area contributed by atoms with Crippen molar-refractivity contribution in [3.05, 3.63) is 71.5 Å². The standard InChI is InChI=1S/C23H25N5O/c1-15(24-16(2)29)14-19-18-10-6-7-11-20(18)25-22(19)23-26-21(27-28-23)13-12-17-8-4-3-5-9-17/h3-11,15,25H,12-14H2,1-2H3,(H,24,29)(H,26,27,28)/t15-/m0/s1. The fourth-order valence-electron chi connectivity index (χ4n) is 3.73. The summed E-state index contributed by atoms with van der Waals surface area (Å²) in [6, 6.07) is 18.6. The minimum absolute atomic E-state index is 0.0157. The first-order valence-corrected chi connectivity index (χ1v) is 9.92. The molecule has 4 aromatic rings. The highest BCUT2D eigenvalue weighted by molar-refractivity contribution is 5.89. The van der Waals surface area contributed by atoms with Crippen molar-refractivity contribution < 1.29 is 4.79 Å². The highest BCUT2D eigenvalue weighted by Crippen LogP contribution is 2.29. The van der Waals surface area contributed by atoms with Crippen LogP contribution in [0.5, 0.6) is 0 Å². The number of carbonyl (C=O) groups is 1. The molecule has 2 aromatic heterocycles. The number of rotatable bonds is 7. The minimum atomic E-state index is -0.0278. The van der Waals surface area contributed by atoms with Gasteiger partial charge >= 0.3 is 0 Å². The van der Waals surface area contributed by atoms with Gasteiger partial charge in [-0.05, 0) is 37.0 Å². The summed E-state index contributed by atoms with van der Waals surface area (Å²) in [5.74, 6) is 1.50. The summed E-state index contributed by atoms with van der Waals surface area (Å²) in [5.41, 5.74) is 4.35. The number of hydrogen-bond donors (Lipinski definition) is 3. The molecule has 2 aromatic carbocycles. The third-order valence-corrected chi connectivity index (χ3v) is 5.02. The van der Waals surface area contributed by atoms with Crippen LogP contribution in [0.25, 0.3) is 22.4 Å². The predicted molar refractivity (Wildman–Crippen MR) is 115 cm³/mol. The van der Waals surface area contributed by atoms with E-state index in [0.717, 1.165) is 40.8 Å². The number of aromatic nitrogens is 4. The van der Waals surface area contributed by atoms with Crippen LogP contribution in [0.4, 0.5) is 0 Å². The van der Waals surface area contributed by atoms with Crippen LogP contribution in [-0.4, -0.2) is 32.1 Å². The number of H-pyrrole nitrogens is 2. The van der Waals surface area contributed by atoms with Crippen LogP contribution in [0.1, 0.15) is 30.8 Å². The molecule has 0 aliphatic rings. The molecule has 2 heterocycles. The number of nitrogens with zero attached hydrogens (tertiary/aromatic N) is 2. The topological polar surface area (TPSA) is 86.5 Å². The van der Waals surface area contributed by atoms with Crippen molar-refractivity contribution in [2.45, 2.75) is 39.2 Å². The Morgan fingerprint density at radius 3 is 2.62 bits per heavy atom. The maximum Gasteiger partial charge on any atom is 0.217 e. The summed E-state index contributed by atoms with van der Waals surface area (Å²) in [6.45, 7) is 3.55. The molecule has 1 amide bonds. The number of amides is 1. The molecule has 4 rings (SSSR count). The monoisotopic (exact) mass is 387 g/mol. The smallest absolute Gasteiger partial charge is 0.217 e. The van der Waals surface area contributed by atoms with E-state index in [-0.39, 0.29) is 11.9 Å². The van der Waals surface area contributed by atoms with E-state index in [1.807, 2.05) is 43.3 Å². The summed E-state index contributed by atoms with van der Waals surface area (Å²) in [6.07, 6.45) is 2.41. The Morgan fingerprint density at radius 2 is 1.83 bits per heavy atom. The fourth-order valence-corrected chi connectivity index (χ4v) is 3.73. The van der Waals surface area contributed by atoms with Crippen LogP contribution in [0.15, 0.2) is 54.6 Å². The normalized spacial score (nSPS) is 12.2. The molecule has 0 bridgehead atoms. The van der Waals surface area contributed by atoms with E-state index in [1.54, 1.807) is 6.92 Å². The second-order valence-corrected chi connectivity index (χ2v) is 7.42. The van der Waals surface area contributed by atoms with E-state index in [1.165, 1.54) is 5.56 Å². The Bertz CT molecular complexity index is 1110. The summed E-state index contributed by atoms with van der Waals surface area (Å²) >= 11 is 0. The van der Waals surface area contributed by atoms with E-state index in [0.29, 0.717) is 12.2 Å². The van der Waals surface area contributed by atoms with Gasteiger partial charge in [-0.15, -0.1) is 0 Å². The maximum absolute atomic E-state index is 11.4. The Hall–Kier alpha value is -3.41. The van der Waals surface area contributed by atoms with Gasteiger partial charge in [0, 0.05) is 30.3 Å². The Labute approximate surface area is 169 Å². The van der Waals surface area contributed by atoms with Gasteiger partial charge in [0.15, 0.2) is 5.82 Å². The molecule has 0 unspecified atom stereocenters. The van der Waals surface area contributed by atoms with Gasteiger partial charge in [-0.3, -0.25) is 9.89 Å². The zero-order chi connectivity index (χ0) is 20.2. The van der Waals surface area contributed by atoms with Crippen molar-refractivity contribution in [1.29, 1.82) is 0 Å². The molecule has 6 nitrogen and oxygen atoms in total. The van der Waals surface area contributed by atoms with Crippen molar-refractivity contribution in [3.8, 4) is 11.5 Å². The molecule has 0 aliphatic carbocycles. The molecular formula is C23H25N5O. The molecule has 0 radical (unpaired) electrons. The van der Waals surface area contributed by atoms with Crippen LogP contribution in [0.2, 0.25) is 0 Å². The van der Waals surface area contributed by atoms with Gasteiger partial charge in [-0.25, -0.2) is 4.98 Å². The maximum atomic E-state index is 11.4. The number of hydrogen-bond acceptors (Lipinski definition) is 3. The second kappa shape index (κ2) is 8.31. The number of carbonyl (C=O) groups excluding carboxylic acids is 1. The lowest BCUT2D eigenvalue weighted by Gasteiger charge is -2.12. The van der Waals surface area contributed by atoms with Crippen LogP contribution in [-0.2, 0) is 24.1 Å². The number of aromatic amines is 2. The summed E-state index contributed by atoms with van der Waals surface area (Å²) in [5, 5.41) is 11.7. The van der Waals surface area contributed by atoms with Gasteiger partial charge in [0.2, 0.25) is 5.91 Å². The molecule has 148 valence electrons. The van der Waals surface area contributed by atoms with Crippen LogP contribution in [0, 0.1) is 0 Å². The first kappa shape index (κ1) is 18.9. The Morgan fingerprint density at radius 1 is 1.07 bits per heavy atom. The average Bonchev–Trinajstić information content (AvgIpc) is 3.32. The minimum Gasteiger partial charge on any atom is -0.354 e. The lowest BCUT2D eigenvalue weighted by molar-refractivity contribution is -0.119. The zero-order valence-corrected chi connectivity index (χ0v) is 16.7. The molecule has 6 heteroatoms. The number of aryl methyl sites for hydroxylation is 2. The average molecular weight is 387 g/mol. The van der Waals surface area contributed by atoms with Gasteiger partial charge < -0.3 is 10.3 Å². The molecule has 29 heavy (non-hydrogen) atoms. The van der Waals surface area contributed by atoms with Gasteiger partial charge in [0.05, 0.1) is 5.69 Å². The van der Waals surface area contributed by atoms with Gasteiger partial charge in [0.1, 0.15) is 5.82 Å². The number of para-hydroxylation sites is 1. The van der Waals surface area contributed by atoms with Gasteiger partial charge in [0.25, 0.3) is 0 Å². The Balaban J connectivity index is 1.61. The zero-order valence-electron chi connectivity index (χ0n) is 16.7. The predicted octanol–water partition coefficient (Wildman–Crippen LogP) is 3.81. The first-order chi connectivity index (χ1) is 14.1. The van der Waals surface area contributed by atoms with E-state index in [2.05, 4.69) is 38.7 Å². The van der Waals surface area contributed by atoms with Crippen LogP contribution < -0.4 is 5.32 Å². The lowest BCUT2D eigenvalue weighted by atomic mass is 10.0. The SMILES string of the molecule is CC(=O)N[C@@H](C)Cc1c(-c2n[nH]c(CCc3ccccc3)n2)[nH]c2ccccc12.